The first-order valence-corrected chi connectivity index (χ1v) is 17.0. The zero-order valence-electron chi connectivity index (χ0n) is 29.5. The Morgan fingerprint density at radius 3 is 1.96 bits per heavy atom. The van der Waals surface area contributed by atoms with Crippen molar-refractivity contribution in [3.05, 3.63) is 131 Å². The maximum Gasteiger partial charge on any atom is 0.163 e. The van der Waals surface area contributed by atoms with Gasteiger partial charge in [-0.1, -0.05) is 64.1 Å². The monoisotopic (exact) mass is 686 g/mol. The Bertz CT molecular complexity index is 1960. The van der Waals surface area contributed by atoms with E-state index in [4.69, 9.17) is 10.8 Å². The molecular formula is C42H46N4O5. The Balaban J connectivity index is 0.000000167. The number of aromatic hydroxyl groups is 2. The number of carbonyl (C=O) groups is 3. The van der Waals surface area contributed by atoms with Gasteiger partial charge in [-0.3, -0.25) is 14.4 Å². The minimum absolute atomic E-state index is 0.0255. The summed E-state index contributed by atoms with van der Waals surface area (Å²) in [6.07, 6.45) is 5.28. The Labute approximate surface area is 299 Å². The quantitative estimate of drug-likeness (QED) is 0.0913. The van der Waals surface area contributed by atoms with Crippen molar-refractivity contribution in [2.75, 3.05) is 21.7 Å². The van der Waals surface area contributed by atoms with E-state index in [0.29, 0.717) is 24.1 Å². The molecule has 0 amide bonds. The third-order valence-electron chi connectivity index (χ3n) is 8.89. The molecule has 0 bridgehead atoms. The second-order valence-electron chi connectivity index (χ2n) is 14.7. The molecule has 264 valence electrons. The number of nitrogens with one attached hydrogen (secondary N) is 3. The topological polar surface area (TPSA) is 154 Å². The molecule has 1 unspecified atom stereocenters. The molecule has 3 aliphatic rings. The molecule has 0 fully saturated rings. The first kappa shape index (κ1) is 36.5. The van der Waals surface area contributed by atoms with Crippen molar-refractivity contribution in [1.82, 2.24) is 0 Å². The van der Waals surface area contributed by atoms with Gasteiger partial charge in [0.2, 0.25) is 0 Å². The van der Waals surface area contributed by atoms with Crippen molar-refractivity contribution < 1.29 is 24.6 Å². The number of ketones is 2. The lowest BCUT2D eigenvalue weighted by atomic mass is 9.73. The predicted molar refractivity (Wildman–Crippen MR) is 204 cm³/mol. The van der Waals surface area contributed by atoms with Crippen molar-refractivity contribution in [3.63, 3.8) is 0 Å². The van der Waals surface area contributed by atoms with Crippen LogP contribution in [-0.2, 0) is 9.59 Å². The second kappa shape index (κ2) is 15.4. The minimum atomic E-state index is -0.227. The van der Waals surface area contributed by atoms with Crippen molar-refractivity contribution in [2.45, 2.75) is 59.4 Å². The average molecular weight is 687 g/mol. The van der Waals surface area contributed by atoms with Crippen LogP contribution in [0, 0.1) is 10.8 Å². The van der Waals surface area contributed by atoms with E-state index in [0.717, 1.165) is 58.7 Å². The van der Waals surface area contributed by atoms with E-state index >= 15 is 0 Å². The molecule has 7 N–H and O–H groups in total. The highest BCUT2D eigenvalue weighted by molar-refractivity contribution is 6.01. The van der Waals surface area contributed by atoms with Crippen LogP contribution in [0.4, 0.5) is 22.7 Å². The number of para-hydroxylation sites is 4. The number of carbonyl (C=O) groups excluding carboxylic acids is 3. The molecular weight excluding hydrogens is 640 g/mol. The lowest BCUT2D eigenvalue weighted by Gasteiger charge is -2.34. The number of hydrogen-bond acceptors (Lipinski definition) is 9. The third-order valence-corrected chi connectivity index (χ3v) is 8.89. The van der Waals surface area contributed by atoms with E-state index in [-0.39, 0.29) is 39.9 Å². The summed E-state index contributed by atoms with van der Waals surface area (Å²) in [7, 11) is 0. The Morgan fingerprint density at radius 2 is 1.33 bits per heavy atom. The molecule has 0 saturated heterocycles. The molecule has 4 aromatic rings. The molecule has 2 aliphatic carbocycles. The highest BCUT2D eigenvalue weighted by Crippen LogP contribution is 2.45. The molecule has 9 heteroatoms. The van der Waals surface area contributed by atoms with Crippen LogP contribution in [0.1, 0.15) is 75.3 Å². The van der Waals surface area contributed by atoms with E-state index in [1.807, 2.05) is 60.7 Å². The number of hydrogen-bond donors (Lipinski definition) is 6. The van der Waals surface area contributed by atoms with Crippen molar-refractivity contribution in [2.24, 2.45) is 10.8 Å². The van der Waals surface area contributed by atoms with E-state index in [1.54, 1.807) is 30.3 Å². The van der Waals surface area contributed by atoms with Gasteiger partial charge < -0.3 is 31.9 Å². The summed E-state index contributed by atoms with van der Waals surface area (Å²) in [5.74, 6) is 0.761. The van der Waals surface area contributed by atoms with Crippen molar-refractivity contribution >= 4 is 40.6 Å². The number of Topliss-reactive ketones (excluding diaryl/α,β-unsaturated/α-hetero) is 1. The van der Waals surface area contributed by atoms with Crippen LogP contribution in [0.25, 0.3) is 0 Å². The first-order valence-electron chi connectivity index (χ1n) is 17.0. The highest BCUT2D eigenvalue weighted by atomic mass is 16.3. The van der Waals surface area contributed by atoms with Gasteiger partial charge in [-0.25, -0.2) is 0 Å². The van der Waals surface area contributed by atoms with Crippen LogP contribution < -0.4 is 21.7 Å². The third kappa shape index (κ3) is 9.66. The minimum Gasteiger partial charge on any atom is -0.508 e. The van der Waals surface area contributed by atoms with Gasteiger partial charge in [0.1, 0.15) is 17.8 Å². The smallest absolute Gasteiger partial charge is 0.163 e. The van der Waals surface area contributed by atoms with Crippen LogP contribution in [0.2, 0.25) is 0 Å². The van der Waals surface area contributed by atoms with E-state index in [2.05, 4.69) is 43.6 Å². The molecule has 0 radical (unpaired) electrons. The number of nitrogen functional groups attached to an aromatic ring is 1. The maximum absolute atomic E-state index is 13.0. The van der Waals surface area contributed by atoms with Crippen LogP contribution in [-0.4, -0.2) is 28.1 Å². The van der Waals surface area contributed by atoms with Crippen LogP contribution >= 0.6 is 0 Å². The number of fused-ring (bicyclic) bond motifs is 1. The SMILES string of the molecule is CC1(C)CC(=O)C2=C(C1)Nc1ccccc1NC2c1ccc(O)cc1.CC1(C)CC(=O)C=C(Nc2ccccc2N)C1.O=Cc1ccc(O)cc1. The molecule has 7 rings (SSSR count). The second-order valence-corrected chi connectivity index (χ2v) is 14.7. The molecule has 4 aromatic carbocycles. The Morgan fingerprint density at radius 1 is 0.745 bits per heavy atom. The van der Waals surface area contributed by atoms with Gasteiger partial charge in [-0.2, -0.15) is 0 Å². The van der Waals surface area contributed by atoms with E-state index in [9.17, 15) is 19.5 Å². The summed E-state index contributed by atoms with van der Waals surface area (Å²) in [4.78, 5) is 34.7. The molecule has 1 atom stereocenters. The fourth-order valence-electron chi connectivity index (χ4n) is 6.57. The van der Waals surface area contributed by atoms with Gasteiger partial charge in [0.05, 0.1) is 28.8 Å². The van der Waals surface area contributed by atoms with Gasteiger partial charge in [0, 0.05) is 41.4 Å². The fourth-order valence-corrected chi connectivity index (χ4v) is 6.57. The Kier molecular flexibility index (Phi) is 11.0. The maximum atomic E-state index is 13.0. The normalized spacial score (nSPS) is 18.4. The lowest BCUT2D eigenvalue weighted by molar-refractivity contribution is -0.118. The molecule has 1 aliphatic heterocycles. The molecule has 51 heavy (non-hydrogen) atoms. The molecule has 1 heterocycles. The molecule has 0 aromatic heterocycles. The van der Waals surface area contributed by atoms with Crippen LogP contribution in [0.15, 0.2) is 120 Å². The van der Waals surface area contributed by atoms with Gasteiger partial charge in [0.15, 0.2) is 11.6 Å². The zero-order valence-corrected chi connectivity index (χ0v) is 29.5. The zero-order chi connectivity index (χ0) is 36.8. The van der Waals surface area contributed by atoms with Gasteiger partial charge in [-0.05, 0) is 89.9 Å². The Hall–Kier alpha value is -5.83. The highest BCUT2D eigenvalue weighted by Gasteiger charge is 2.38. The largest absolute Gasteiger partial charge is 0.508 e. The lowest BCUT2D eigenvalue weighted by Crippen LogP contribution is -2.31. The average Bonchev–Trinajstić information content (AvgIpc) is 3.22. The number of rotatable bonds is 4. The number of allylic oxidation sites excluding steroid dienone is 3. The number of nitrogens with two attached hydrogens (primary N) is 1. The summed E-state index contributed by atoms with van der Waals surface area (Å²) >= 11 is 0. The van der Waals surface area contributed by atoms with Gasteiger partial charge in [0.25, 0.3) is 0 Å². The number of phenols is 2. The number of benzene rings is 4. The predicted octanol–water partition coefficient (Wildman–Crippen LogP) is 8.77. The summed E-state index contributed by atoms with van der Waals surface area (Å²) in [5.41, 5.74) is 13.7. The fraction of sp³-hybridized carbons (Fsp3) is 0.262. The first-order chi connectivity index (χ1) is 24.2. The molecule has 0 spiro atoms. The summed E-state index contributed by atoms with van der Waals surface area (Å²) in [6, 6.07) is 28.5. The number of phenolic OH excluding ortho intramolecular Hbond substituents is 2. The molecule has 0 saturated carbocycles. The van der Waals surface area contributed by atoms with Crippen LogP contribution in [0.3, 0.4) is 0 Å². The summed E-state index contributed by atoms with van der Waals surface area (Å²) in [5, 5.41) is 28.6. The number of anilines is 4. The summed E-state index contributed by atoms with van der Waals surface area (Å²) in [6.45, 7) is 8.48. The molecule has 9 nitrogen and oxygen atoms in total. The summed E-state index contributed by atoms with van der Waals surface area (Å²) < 4.78 is 0. The van der Waals surface area contributed by atoms with Gasteiger partial charge >= 0.3 is 0 Å². The van der Waals surface area contributed by atoms with Crippen molar-refractivity contribution in [3.8, 4) is 11.5 Å². The van der Waals surface area contributed by atoms with E-state index < -0.39 is 0 Å². The van der Waals surface area contributed by atoms with E-state index in [1.165, 1.54) is 12.1 Å². The van der Waals surface area contributed by atoms with Gasteiger partial charge in [-0.15, -0.1) is 0 Å². The van der Waals surface area contributed by atoms with Crippen molar-refractivity contribution in [1.29, 1.82) is 0 Å². The standard InChI is InChI=1S/C21H22N2O2.C14H18N2O.C7H6O2/c1-21(2)11-17-19(18(25)12-21)20(13-7-9-14(24)10-8-13)23-16-6-4-3-5-15(16)22-17;1-14(2)8-10(7-11(17)9-14)16-13-6-4-3-5-12(13)15;8-5-6-1-3-7(9)4-2-6/h3-10,20,22-24H,11-12H2,1-2H3;3-7,16H,8-9,15H2,1-2H3;1-5,9H. The van der Waals surface area contributed by atoms with Crippen LogP contribution in [0.5, 0.6) is 11.5 Å². The number of aldehydes is 1.